The summed E-state index contributed by atoms with van der Waals surface area (Å²) < 4.78 is 0. The van der Waals surface area contributed by atoms with Crippen molar-refractivity contribution in [2.24, 2.45) is 51.2 Å². The molecule has 1 aromatic carbocycles. The van der Waals surface area contributed by atoms with Crippen molar-refractivity contribution < 1.29 is 14.7 Å². The molecule has 0 radical (unpaired) electrons. The molecule has 5 aliphatic carbocycles. The Kier molecular flexibility index (Phi) is 7.98. The number of hydrogen-bond acceptors (Lipinski definition) is 3. The van der Waals surface area contributed by atoms with Crippen molar-refractivity contribution in [3.05, 3.63) is 53.6 Å². The SMILES string of the molecule is C=C(C)[C@@H]1CCC2(NCCN3CCCC3=O)CC[C@]3(C)[C@H](CC[C@@H]4[C@@]5(C)CC=C(c6ccc(C(=O)O)cc6)C(C)(C)[C@@H]5CC[C@]43C)[C@@H]12. The Morgan fingerprint density at radius 1 is 0.957 bits per heavy atom. The molecule has 0 spiro atoms. The summed E-state index contributed by atoms with van der Waals surface area (Å²) in [5.41, 5.74) is 5.35. The number of nitrogens with zero attached hydrogens (tertiary/aromatic N) is 1. The van der Waals surface area contributed by atoms with Gasteiger partial charge in [-0.05, 0) is 146 Å². The van der Waals surface area contributed by atoms with Gasteiger partial charge in [-0.15, -0.1) is 0 Å². The van der Waals surface area contributed by atoms with E-state index in [2.05, 4.69) is 64.4 Å². The van der Waals surface area contributed by atoms with Crippen LogP contribution in [-0.2, 0) is 4.79 Å². The lowest BCUT2D eigenvalue weighted by molar-refractivity contribution is -0.219. The number of rotatable bonds is 7. The molecule has 0 aromatic heterocycles. The van der Waals surface area contributed by atoms with Crippen molar-refractivity contribution in [1.82, 2.24) is 10.2 Å². The van der Waals surface area contributed by atoms with E-state index in [9.17, 15) is 14.7 Å². The molecular weight excluding hydrogens is 580 g/mol. The van der Waals surface area contributed by atoms with Gasteiger partial charge in [0.1, 0.15) is 0 Å². The van der Waals surface area contributed by atoms with Crippen LogP contribution < -0.4 is 5.32 Å². The lowest BCUT2D eigenvalue weighted by Gasteiger charge is -2.72. The summed E-state index contributed by atoms with van der Waals surface area (Å²) >= 11 is 0. The highest BCUT2D eigenvalue weighted by molar-refractivity contribution is 5.88. The summed E-state index contributed by atoms with van der Waals surface area (Å²) in [5, 5.41) is 13.7. The van der Waals surface area contributed by atoms with Crippen LogP contribution in [0.4, 0.5) is 0 Å². The molecule has 1 amide bonds. The first kappa shape index (κ1) is 33.1. The largest absolute Gasteiger partial charge is 0.478 e. The molecule has 47 heavy (non-hydrogen) atoms. The number of fused-ring (bicyclic) bond motifs is 7. The first-order chi connectivity index (χ1) is 22.2. The van der Waals surface area contributed by atoms with E-state index in [0.29, 0.717) is 51.9 Å². The molecule has 7 rings (SSSR count). The molecule has 1 heterocycles. The maximum absolute atomic E-state index is 12.4. The van der Waals surface area contributed by atoms with E-state index in [1.165, 1.54) is 68.1 Å². The van der Waals surface area contributed by atoms with Crippen molar-refractivity contribution in [3.8, 4) is 0 Å². The Morgan fingerprint density at radius 3 is 2.36 bits per heavy atom. The van der Waals surface area contributed by atoms with Crippen molar-refractivity contribution in [1.29, 1.82) is 0 Å². The van der Waals surface area contributed by atoms with E-state index in [1.54, 1.807) is 12.1 Å². The van der Waals surface area contributed by atoms with Gasteiger partial charge in [0.05, 0.1) is 5.56 Å². The van der Waals surface area contributed by atoms with Gasteiger partial charge in [-0.2, -0.15) is 0 Å². The van der Waals surface area contributed by atoms with E-state index < -0.39 is 5.97 Å². The van der Waals surface area contributed by atoms with Crippen LogP contribution in [0.15, 0.2) is 42.5 Å². The number of nitrogens with one attached hydrogen (secondary N) is 1. The van der Waals surface area contributed by atoms with Gasteiger partial charge in [-0.3, -0.25) is 4.79 Å². The van der Waals surface area contributed by atoms with Crippen LogP contribution >= 0.6 is 0 Å². The molecule has 5 fully saturated rings. The highest BCUT2D eigenvalue weighted by Gasteiger charge is 2.70. The summed E-state index contributed by atoms with van der Waals surface area (Å²) in [6.45, 7) is 22.6. The van der Waals surface area contributed by atoms with Gasteiger partial charge in [0.15, 0.2) is 0 Å². The van der Waals surface area contributed by atoms with E-state index in [-0.39, 0.29) is 16.4 Å². The zero-order valence-electron chi connectivity index (χ0n) is 30.1. The summed E-state index contributed by atoms with van der Waals surface area (Å²) in [5.74, 6) is 2.66. The van der Waals surface area contributed by atoms with Gasteiger partial charge in [0.2, 0.25) is 5.91 Å². The highest BCUT2D eigenvalue weighted by atomic mass is 16.4. The number of carboxylic acids is 1. The number of aromatic carboxylic acids is 1. The molecule has 4 saturated carbocycles. The van der Waals surface area contributed by atoms with Gasteiger partial charge in [-0.1, -0.05) is 65.0 Å². The normalized spacial score (nSPS) is 42.2. The number of carboxylic acid groups (broad SMARTS) is 1. The monoisotopic (exact) mass is 640 g/mol. The average molecular weight is 641 g/mol. The first-order valence-electron chi connectivity index (χ1n) is 18.9. The molecule has 5 heteroatoms. The van der Waals surface area contributed by atoms with Crippen molar-refractivity contribution in [2.75, 3.05) is 19.6 Å². The first-order valence-corrected chi connectivity index (χ1v) is 18.9. The van der Waals surface area contributed by atoms with E-state index >= 15 is 0 Å². The number of carbonyl (C=O) groups is 2. The lowest BCUT2D eigenvalue weighted by Crippen LogP contribution is -2.68. The minimum absolute atomic E-state index is 0.0235. The van der Waals surface area contributed by atoms with E-state index in [1.807, 2.05) is 12.1 Å². The molecule has 1 aromatic rings. The van der Waals surface area contributed by atoms with Crippen LogP contribution in [0.25, 0.3) is 5.57 Å². The quantitative estimate of drug-likeness (QED) is 0.292. The maximum atomic E-state index is 12.4. The Hall–Kier alpha value is -2.40. The molecule has 1 saturated heterocycles. The number of likely N-dealkylation sites (tertiary alicyclic amines) is 1. The zero-order valence-corrected chi connectivity index (χ0v) is 30.1. The minimum Gasteiger partial charge on any atom is -0.478 e. The predicted molar refractivity (Wildman–Crippen MR) is 190 cm³/mol. The van der Waals surface area contributed by atoms with E-state index in [0.717, 1.165) is 38.9 Å². The van der Waals surface area contributed by atoms with Gasteiger partial charge in [0.25, 0.3) is 0 Å². The molecule has 1 aliphatic heterocycles. The smallest absolute Gasteiger partial charge is 0.335 e. The second kappa shape index (κ2) is 11.3. The fraction of sp³-hybridized carbons (Fsp3) is 0.714. The predicted octanol–water partition coefficient (Wildman–Crippen LogP) is 9.00. The number of carbonyl (C=O) groups excluding carboxylic acids is 1. The molecule has 2 N–H and O–H groups in total. The Balaban J connectivity index is 1.17. The van der Waals surface area contributed by atoms with Gasteiger partial charge in [-0.25, -0.2) is 4.79 Å². The number of hydrogen-bond donors (Lipinski definition) is 2. The maximum Gasteiger partial charge on any atom is 0.335 e. The lowest BCUT2D eigenvalue weighted by atomic mass is 9.33. The highest BCUT2D eigenvalue weighted by Crippen LogP contribution is 2.76. The Labute approximate surface area is 284 Å². The number of allylic oxidation sites excluding steroid dienone is 3. The number of benzene rings is 1. The Morgan fingerprint density at radius 2 is 1.70 bits per heavy atom. The van der Waals surface area contributed by atoms with E-state index in [4.69, 9.17) is 0 Å². The second-order valence-corrected chi connectivity index (χ2v) is 18.2. The van der Waals surface area contributed by atoms with Gasteiger partial charge >= 0.3 is 5.97 Å². The summed E-state index contributed by atoms with van der Waals surface area (Å²) in [6.07, 6.45) is 15.6. The molecule has 9 atom stereocenters. The van der Waals surface area contributed by atoms with Gasteiger partial charge < -0.3 is 15.3 Å². The molecule has 0 bridgehead atoms. The fourth-order valence-electron chi connectivity index (χ4n) is 13.7. The van der Waals surface area contributed by atoms with Crippen LogP contribution in [-0.4, -0.2) is 47.1 Å². The van der Waals surface area contributed by atoms with Crippen LogP contribution in [0.3, 0.4) is 0 Å². The van der Waals surface area contributed by atoms with Crippen LogP contribution in [0.1, 0.15) is 128 Å². The van der Waals surface area contributed by atoms with Crippen LogP contribution in [0.5, 0.6) is 0 Å². The molecular formula is C42H60N2O3. The third kappa shape index (κ3) is 4.78. The van der Waals surface area contributed by atoms with Crippen molar-refractivity contribution in [3.63, 3.8) is 0 Å². The van der Waals surface area contributed by atoms with Crippen LogP contribution in [0, 0.1) is 51.2 Å². The third-order valence-electron chi connectivity index (χ3n) is 16.1. The van der Waals surface area contributed by atoms with Crippen LogP contribution in [0.2, 0.25) is 0 Å². The molecule has 256 valence electrons. The second-order valence-electron chi connectivity index (χ2n) is 18.2. The Bertz CT molecular complexity index is 1480. The standard InChI is InChI=1S/C42H60N2O3/c1-27(2)30-16-21-42(43-24-26-44-25-8-9-35(44)45)23-22-40(6)32(36(30)42)14-15-34-39(5)19-17-31(28-10-12-29(13-11-28)37(46)47)38(3,4)33(39)18-20-41(34,40)7/h10-13,17,30,32-34,36,43H,1,8-9,14-16,18-26H2,2-7H3,(H,46,47)/t30-,32+,33-,34+,36+,39-,40+,41+,42?/m0/s1. The zero-order chi connectivity index (χ0) is 33.6. The average Bonchev–Trinajstić information content (AvgIpc) is 3.61. The fourth-order valence-corrected chi connectivity index (χ4v) is 13.7. The molecule has 6 aliphatic rings. The van der Waals surface area contributed by atoms with Crippen molar-refractivity contribution >= 4 is 17.4 Å². The topological polar surface area (TPSA) is 69.6 Å². The van der Waals surface area contributed by atoms with Gasteiger partial charge in [0, 0.05) is 31.6 Å². The molecule has 1 unspecified atom stereocenters. The summed E-state index contributed by atoms with van der Waals surface area (Å²) in [7, 11) is 0. The molecule has 5 nitrogen and oxygen atoms in total. The minimum atomic E-state index is -0.863. The van der Waals surface area contributed by atoms with Crippen molar-refractivity contribution in [2.45, 2.75) is 118 Å². The summed E-state index contributed by atoms with van der Waals surface area (Å²) in [4.78, 5) is 26.0. The number of amides is 1. The third-order valence-corrected chi connectivity index (χ3v) is 16.1. The summed E-state index contributed by atoms with van der Waals surface area (Å²) in [6, 6.07) is 7.61.